The van der Waals surface area contributed by atoms with Gasteiger partial charge in [-0.15, -0.1) is 0 Å². The van der Waals surface area contributed by atoms with E-state index in [1.54, 1.807) is 0 Å². The summed E-state index contributed by atoms with van der Waals surface area (Å²) in [5.41, 5.74) is 5.28. The first kappa shape index (κ1) is 19.9. The van der Waals surface area contributed by atoms with Crippen LogP contribution in [0.5, 0.6) is 0 Å². The predicted molar refractivity (Wildman–Crippen MR) is 123 cm³/mol. The van der Waals surface area contributed by atoms with Gasteiger partial charge < -0.3 is 10.3 Å². The van der Waals surface area contributed by atoms with E-state index >= 15 is 0 Å². The Labute approximate surface area is 180 Å². The number of rotatable bonds is 7. The number of nitrogens with zero attached hydrogens (tertiary/aromatic N) is 1. The maximum Gasteiger partial charge on any atom is 0.251 e. The number of hydrogen-bond donors (Lipinski definition) is 2. The van der Waals surface area contributed by atoms with Gasteiger partial charge in [-0.05, 0) is 72.1 Å². The van der Waals surface area contributed by atoms with Crippen molar-refractivity contribution in [1.29, 1.82) is 0 Å². The van der Waals surface area contributed by atoms with Crippen LogP contribution in [0.25, 0.3) is 16.5 Å². The number of nitrogens with one attached hydrogen (secondary N) is 2. The molecule has 0 aliphatic carbocycles. The number of H-pyrrole nitrogens is 1. The molecular formula is C24H26BrN3O. The van der Waals surface area contributed by atoms with Crippen molar-refractivity contribution in [1.82, 2.24) is 15.2 Å². The van der Waals surface area contributed by atoms with Gasteiger partial charge >= 0.3 is 0 Å². The van der Waals surface area contributed by atoms with Crippen molar-refractivity contribution in [2.45, 2.75) is 25.8 Å². The molecule has 5 heteroatoms. The Balaban J connectivity index is 1.19. The van der Waals surface area contributed by atoms with E-state index in [-0.39, 0.29) is 5.91 Å². The van der Waals surface area contributed by atoms with Crippen molar-refractivity contribution in [3.63, 3.8) is 0 Å². The monoisotopic (exact) mass is 451 g/mol. The molecule has 0 spiro atoms. The Kier molecular flexibility index (Phi) is 6.16. The minimum atomic E-state index is -0.0895. The molecule has 0 radical (unpaired) electrons. The normalized spacial score (nSPS) is 14.0. The second-order valence-electron chi connectivity index (χ2n) is 7.66. The van der Waals surface area contributed by atoms with Crippen molar-refractivity contribution >= 4 is 38.3 Å². The van der Waals surface area contributed by atoms with Crippen molar-refractivity contribution in [3.05, 3.63) is 76.4 Å². The third-order valence-corrected chi connectivity index (χ3v) is 6.12. The fourth-order valence-corrected chi connectivity index (χ4v) is 4.32. The van der Waals surface area contributed by atoms with Gasteiger partial charge in [0.15, 0.2) is 0 Å². The lowest BCUT2D eigenvalue weighted by Crippen LogP contribution is -2.32. The topological polar surface area (TPSA) is 48.1 Å². The molecule has 0 unspecified atom stereocenters. The van der Waals surface area contributed by atoms with Crippen LogP contribution in [0.3, 0.4) is 0 Å². The van der Waals surface area contributed by atoms with Gasteiger partial charge in [-0.25, -0.2) is 0 Å². The van der Waals surface area contributed by atoms with Crippen LogP contribution in [0, 0.1) is 0 Å². The van der Waals surface area contributed by atoms with Gasteiger partial charge in [0.05, 0.1) is 0 Å². The number of hydrogen-bond acceptors (Lipinski definition) is 2. The fourth-order valence-electron chi connectivity index (χ4n) is 3.91. The summed E-state index contributed by atoms with van der Waals surface area (Å²) in [6.45, 7) is 7.85. The Morgan fingerprint density at radius 2 is 2.03 bits per heavy atom. The summed E-state index contributed by atoms with van der Waals surface area (Å²) < 4.78 is 1.16. The lowest BCUT2D eigenvalue weighted by atomic mass is 10.00. The molecule has 0 saturated carbocycles. The summed E-state index contributed by atoms with van der Waals surface area (Å²) in [5, 5.41) is 4.14. The molecule has 1 aromatic heterocycles. The van der Waals surface area contributed by atoms with E-state index in [1.807, 2.05) is 30.5 Å². The maximum atomic E-state index is 12.4. The third kappa shape index (κ3) is 4.80. The Hall–Kier alpha value is -2.37. The summed E-state index contributed by atoms with van der Waals surface area (Å²) in [6, 6.07) is 14.5. The minimum Gasteiger partial charge on any atom is -0.361 e. The number of benzene rings is 2. The molecule has 29 heavy (non-hydrogen) atoms. The second kappa shape index (κ2) is 8.97. The molecule has 0 bridgehead atoms. The molecule has 150 valence electrons. The van der Waals surface area contributed by atoms with Gasteiger partial charge in [-0.1, -0.05) is 40.7 Å². The lowest BCUT2D eigenvalue weighted by molar-refractivity contribution is -0.115. The van der Waals surface area contributed by atoms with Crippen LogP contribution in [0.15, 0.2) is 59.7 Å². The highest BCUT2D eigenvalue weighted by molar-refractivity contribution is 9.10. The van der Waals surface area contributed by atoms with Gasteiger partial charge in [0.2, 0.25) is 0 Å². The zero-order valence-corrected chi connectivity index (χ0v) is 18.1. The summed E-state index contributed by atoms with van der Waals surface area (Å²) in [4.78, 5) is 18.1. The van der Waals surface area contributed by atoms with Crippen LogP contribution < -0.4 is 5.32 Å². The van der Waals surface area contributed by atoms with Gasteiger partial charge in [-0.3, -0.25) is 9.69 Å². The lowest BCUT2D eigenvalue weighted by Gasteiger charge is -2.28. The summed E-state index contributed by atoms with van der Waals surface area (Å²) in [5.74, 6) is -0.0895. The fraction of sp³-hybridized carbons (Fsp3) is 0.292. The Bertz CT molecular complexity index is 1040. The average molecular weight is 452 g/mol. The number of carbonyl (C=O) groups excluding carboxylic acids is 1. The molecular weight excluding hydrogens is 426 g/mol. The molecule has 2 heterocycles. The molecule has 1 aliphatic heterocycles. The van der Waals surface area contributed by atoms with Crippen molar-refractivity contribution in [2.24, 2.45) is 0 Å². The highest BCUT2D eigenvalue weighted by Gasteiger charge is 2.16. The third-order valence-electron chi connectivity index (χ3n) is 5.62. The van der Waals surface area contributed by atoms with E-state index < -0.39 is 0 Å². The predicted octanol–water partition coefficient (Wildman–Crippen LogP) is 4.90. The van der Waals surface area contributed by atoms with Gasteiger partial charge in [-0.2, -0.15) is 0 Å². The standard InChI is InChI=1S/C24H26BrN3O/c1-17(19-5-4-18-8-11-26-23(18)15-19)24(29)27-10-2-3-12-28-13-9-20-14-22(25)7-6-21(20)16-28/h4-8,11,14-15,26H,1-3,9-10,12-13,16H2,(H,27,29). The van der Waals surface area contributed by atoms with E-state index in [0.717, 1.165) is 59.8 Å². The van der Waals surface area contributed by atoms with Crippen LogP contribution >= 0.6 is 15.9 Å². The van der Waals surface area contributed by atoms with Crippen molar-refractivity contribution in [2.75, 3.05) is 19.6 Å². The quantitative estimate of drug-likeness (QED) is 0.396. The second-order valence-corrected chi connectivity index (χ2v) is 8.58. The molecule has 2 N–H and O–H groups in total. The summed E-state index contributed by atoms with van der Waals surface area (Å²) in [6.07, 6.45) is 5.05. The van der Waals surface area contributed by atoms with E-state index in [1.165, 1.54) is 11.1 Å². The molecule has 2 aromatic carbocycles. The maximum absolute atomic E-state index is 12.4. The number of carbonyl (C=O) groups is 1. The van der Waals surface area contributed by atoms with E-state index in [4.69, 9.17) is 0 Å². The molecule has 0 atom stereocenters. The molecule has 1 aliphatic rings. The Morgan fingerprint density at radius 3 is 2.93 bits per heavy atom. The largest absolute Gasteiger partial charge is 0.361 e. The Morgan fingerprint density at radius 1 is 1.14 bits per heavy atom. The zero-order valence-electron chi connectivity index (χ0n) is 16.5. The highest BCUT2D eigenvalue weighted by Crippen LogP contribution is 2.23. The highest BCUT2D eigenvalue weighted by atomic mass is 79.9. The smallest absolute Gasteiger partial charge is 0.251 e. The molecule has 0 fully saturated rings. The molecule has 0 saturated heterocycles. The van der Waals surface area contributed by atoms with Crippen LogP contribution in [-0.4, -0.2) is 35.4 Å². The van der Waals surface area contributed by atoms with E-state index in [9.17, 15) is 4.79 Å². The number of fused-ring (bicyclic) bond motifs is 2. The van der Waals surface area contributed by atoms with Crippen molar-refractivity contribution < 1.29 is 4.79 Å². The average Bonchev–Trinajstić information content (AvgIpc) is 3.20. The van der Waals surface area contributed by atoms with Crippen LogP contribution in [0.1, 0.15) is 29.5 Å². The van der Waals surface area contributed by atoms with Gasteiger partial charge in [0, 0.05) is 41.4 Å². The minimum absolute atomic E-state index is 0.0895. The molecule has 1 amide bonds. The summed E-state index contributed by atoms with van der Waals surface area (Å²) in [7, 11) is 0. The van der Waals surface area contributed by atoms with Crippen LogP contribution in [0.4, 0.5) is 0 Å². The number of aromatic nitrogens is 1. The number of unbranched alkanes of at least 4 members (excludes halogenated alkanes) is 1. The zero-order chi connectivity index (χ0) is 20.2. The molecule has 4 nitrogen and oxygen atoms in total. The first-order chi connectivity index (χ1) is 14.1. The molecule has 4 rings (SSSR count). The van der Waals surface area contributed by atoms with Crippen LogP contribution in [-0.2, 0) is 17.8 Å². The first-order valence-electron chi connectivity index (χ1n) is 10.1. The summed E-state index contributed by atoms with van der Waals surface area (Å²) >= 11 is 3.55. The van der Waals surface area contributed by atoms with E-state index in [0.29, 0.717) is 12.1 Å². The van der Waals surface area contributed by atoms with Crippen LogP contribution in [0.2, 0.25) is 0 Å². The number of halogens is 1. The number of amides is 1. The van der Waals surface area contributed by atoms with Gasteiger partial charge in [0.25, 0.3) is 5.91 Å². The SMILES string of the molecule is C=C(C(=O)NCCCCN1CCc2cc(Br)ccc2C1)c1ccc2cc[nH]c2c1. The van der Waals surface area contributed by atoms with Gasteiger partial charge in [0.1, 0.15) is 0 Å². The number of aromatic amines is 1. The molecule has 3 aromatic rings. The van der Waals surface area contributed by atoms with Crippen molar-refractivity contribution in [3.8, 4) is 0 Å². The van der Waals surface area contributed by atoms with E-state index in [2.05, 4.69) is 55.9 Å². The first-order valence-corrected chi connectivity index (χ1v) is 10.9.